The number of carbonyl (C=O) groups is 3. The van der Waals surface area contributed by atoms with Crippen molar-refractivity contribution in [2.24, 2.45) is 0 Å². The molecule has 0 spiro atoms. The van der Waals surface area contributed by atoms with Gasteiger partial charge in [-0.3, -0.25) is 14.4 Å². The summed E-state index contributed by atoms with van der Waals surface area (Å²) in [6, 6.07) is 7.07. The number of aromatic nitrogens is 1. The first-order chi connectivity index (χ1) is 14.0. The summed E-state index contributed by atoms with van der Waals surface area (Å²) >= 11 is 4.65. The highest BCUT2D eigenvalue weighted by Crippen LogP contribution is 2.37. The molecule has 0 unspecified atom stereocenters. The zero-order valence-corrected chi connectivity index (χ0v) is 17.3. The van der Waals surface area contributed by atoms with Crippen LogP contribution in [-0.2, 0) is 4.79 Å². The highest BCUT2D eigenvalue weighted by Gasteiger charge is 2.29. The SMILES string of the molecule is O=C1COc2cc3c(C(=O)NC4CC4)c(NC(=O)c4ccc(Br)s4)[nH]c3cc2N1. The van der Waals surface area contributed by atoms with E-state index in [1.807, 2.05) is 0 Å². The Morgan fingerprint density at radius 1 is 1.21 bits per heavy atom. The molecule has 10 heteroatoms. The van der Waals surface area contributed by atoms with Gasteiger partial charge in [0, 0.05) is 11.4 Å². The standard InChI is InChI=1S/C19H15BrN4O4S/c20-14-4-3-13(29-14)18(26)24-17-16(19(27)21-8-1-2-8)9-5-12-11(6-10(9)23-17)22-15(25)7-28-12/h3-6,8,23H,1-2,7H2,(H,21,27)(H,22,25)(H,24,26). The Bertz CT molecular complexity index is 1180. The molecule has 3 aromatic rings. The molecule has 1 aliphatic heterocycles. The van der Waals surface area contributed by atoms with Crippen LogP contribution in [0.5, 0.6) is 5.75 Å². The van der Waals surface area contributed by atoms with Gasteiger partial charge in [0.2, 0.25) is 0 Å². The van der Waals surface area contributed by atoms with Crippen LogP contribution in [-0.4, -0.2) is 35.4 Å². The number of H-pyrrole nitrogens is 1. The number of halogens is 1. The van der Waals surface area contributed by atoms with E-state index in [2.05, 4.69) is 36.9 Å². The lowest BCUT2D eigenvalue weighted by Crippen LogP contribution is -2.27. The number of fused-ring (bicyclic) bond motifs is 2. The Balaban J connectivity index is 1.58. The topological polar surface area (TPSA) is 112 Å². The van der Waals surface area contributed by atoms with Gasteiger partial charge < -0.3 is 25.7 Å². The maximum Gasteiger partial charge on any atom is 0.266 e. The summed E-state index contributed by atoms with van der Waals surface area (Å²) < 4.78 is 6.33. The van der Waals surface area contributed by atoms with Crippen LogP contribution in [0.15, 0.2) is 28.1 Å². The quantitative estimate of drug-likeness (QED) is 0.463. The third kappa shape index (κ3) is 3.49. The average molecular weight is 475 g/mol. The molecular formula is C19H15BrN4O4S. The van der Waals surface area contributed by atoms with E-state index in [9.17, 15) is 14.4 Å². The van der Waals surface area contributed by atoms with E-state index in [-0.39, 0.29) is 30.4 Å². The van der Waals surface area contributed by atoms with Crippen molar-refractivity contribution in [3.8, 4) is 5.75 Å². The highest BCUT2D eigenvalue weighted by atomic mass is 79.9. The van der Waals surface area contributed by atoms with Crippen LogP contribution in [0.2, 0.25) is 0 Å². The van der Waals surface area contributed by atoms with E-state index < -0.39 is 0 Å². The van der Waals surface area contributed by atoms with Gasteiger partial charge >= 0.3 is 0 Å². The zero-order valence-electron chi connectivity index (χ0n) is 14.9. The third-order valence-corrected chi connectivity index (χ3v) is 6.33. The normalized spacial score (nSPS) is 15.4. The Kier molecular flexibility index (Phi) is 4.32. The lowest BCUT2D eigenvalue weighted by Gasteiger charge is -2.17. The van der Waals surface area contributed by atoms with Gasteiger partial charge in [0.15, 0.2) is 6.61 Å². The van der Waals surface area contributed by atoms with Crippen molar-refractivity contribution in [1.29, 1.82) is 0 Å². The first kappa shape index (κ1) is 18.2. The van der Waals surface area contributed by atoms with E-state index >= 15 is 0 Å². The van der Waals surface area contributed by atoms with Gasteiger partial charge in [-0.15, -0.1) is 11.3 Å². The monoisotopic (exact) mass is 474 g/mol. The van der Waals surface area contributed by atoms with Crippen LogP contribution in [0.1, 0.15) is 32.9 Å². The molecule has 0 saturated heterocycles. The number of hydrogen-bond acceptors (Lipinski definition) is 5. The summed E-state index contributed by atoms with van der Waals surface area (Å²) in [6.45, 7) is -0.0800. The summed E-state index contributed by atoms with van der Waals surface area (Å²) in [7, 11) is 0. The number of benzene rings is 1. The molecule has 3 amide bonds. The molecule has 29 heavy (non-hydrogen) atoms. The molecule has 0 atom stereocenters. The summed E-state index contributed by atoms with van der Waals surface area (Å²) in [5.41, 5.74) is 1.47. The Morgan fingerprint density at radius 3 is 2.76 bits per heavy atom. The third-order valence-electron chi connectivity index (χ3n) is 4.71. The number of carbonyl (C=O) groups excluding carboxylic acids is 3. The van der Waals surface area contributed by atoms with Crippen LogP contribution in [0, 0.1) is 0 Å². The summed E-state index contributed by atoms with van der Waals surface area (Å²) in [6.07, 6.45) is 1.90. The molecule has 5 rings (SSSR count). The van der Waals surface area contributed by atoms with Gasteiger partial charge in [-0.25, -0.2) is 0 Å². The van der Waals surface area contributed by atoms with Gasteiger partial charge in [-0.1, -0.05) is 0 Å². The molecule has 8 nitrogen and oxygen atoms in total. The van der Waals surface area contributed by atoms with Gasteiger partial charge in [-0.2, -0.15) is 0 Å². The summed E-state index contributed by atoms with van der Waals surface area (Å²) in [5.74, 6) is -0.0341. The smallest absolute Gasteiger partial charge is 0.266 e. The number of thiophene rings is 1. The average Bonchev–Trinajstić information content (AvgIpc) is 3.26. The van der Waals surface area contributed by atoms with E-state index in [0.29, 0.717) is 38.6 Å². The molecule has 3 heterocycles. The second-order valence-electron chi connectivity index (χ2n) is 6.91. The van der Waals surface area contributed by atoms with Crippen LogP contribution >= 0.6 is 27.3 Å². The molecule has 1 fully saturated rings. The Labute approximate surface area is 177 Å². The predicted molar refractivity (Wildman–Crippen MR) is 113 cm³/mol. The molecule has 1 saturated carbocycles. The molecular weight excluding hydrogens is 460 g/mol. The lowest BCUT2D eigenvalue weighted by atomic mass is 10.1. The van der Waals surface area contributed by atoms with E-state index in [1.54, 1.807) is 24.3 Å². The zero-order chi connectivity index (χ0) is 20.1. The van der Waals surface area contributed by atoms with Crippen molar-refractivity contribution in [3.63, 3.8) is 0 Å². The van der Waals surface area contributed by atoms with Crippen molar-refractivity contribution in [3.05, 3.63) is 38.5 Å². The fraction of sp³-hybridized carbons (Fsp3) is 0.211. The first-order valence-corrected chi connectivity index (χ1v) is 10.6. The molecule has 0 bridgehead atoms. The van der Waals surface area contributed by atoms with Crippen LogP contribution in [0.4, 0.5) is 11.5 Å². The molecule has 1 aromatic carbocycles. The van der Waals surface area contributed by atoms with E-state index in [4.69, 9.17) is 4.74 Å². The van der Waals surface area contributed by atoms with Crippen LogP contribution in [0.25, 0.3) is 10.9 Å². The number of hydrogen-bond donors (Lipinski definition) is 4. The number of anilines is 2. The first-order valence-electron chi connectivity index (χ1n) is 8.98. The van der Waals surface area contributed by atoms with Crippen molar-refractivity contribution in [2.75, 3.05) is 17.2 Å². The minimum absolute atomic E-state index is 0.0800. The second kappa shape index (κ2) is 6.89. The number of amides is 3. The van der Waals surface area contributed by atoms with Gasteiger partial charge in [0.1, 0.15) is 11.6 Å². The summed E-state index contributed by atoms with van der Waals surface area (Å²) in [5, 5.41) is 9.13. The largest absolute Gasteiger partial charge is 0.482 e. The van der Waals surface area contributed by atoms with Crippen LogP contribution < -0.4 is 20.7 Å². The maximum absolute atomic E-state index is 12.9. The number of nitrogens with one attached hydrogen (secondary N) is 4. The van der Waals surface area contributed by atoms with Gasteiger partial charge in [0.25, 0.3) is 17.7 Å². The second-order valence-corrected chi connectivity index (χ2v) is 9.37. The predicted octanol–water partition coefficient (Wildman–Crippen LogP) is 3.47. The highest BCUT2D eigenvalue weighted by molar-refractivity contribution is 9.11. The molecule has 148 valence electrons. The van der Waals surface area contributed by atoms with E-state index in [1.165, 1.54) is 11.3 Å². The van der Waals surface area contributed by atoms with Crippen LogP contribution in [0.3, 0.4) is 0 Å². The lowest BCUT2D eigenvalue weighted by molar-refractivity contribution is -0.118. The molecule has 1 aliphatic carbocycles. The minimum atomic E-state index is -0.318. The maximum atomic E-state index is 12.9. The fourth-order valence-electron chi connectivity index (χ4n) is 3.19. The van der Waals surface area contributed by atoms with Crippen molar-refractivity contribution in [2.45, 2.75) is 18.9 Å². The Morgan fingerprint density at radius 2 is 2.03 bits per heavy atom. The molecule has 2 aliphatic rings. The fourth-order valence-corrected chi connectivity index (χ4v) is 4.48. The minimum Gasteiger partial charge on any atom is -0.482 e. The van der Waals surface area contributed by atoms with Crippen molar-refractivity contribution >= 4 is 67.4 Å². The van der Waals surface area contributed by atoms with Crippen molar-refractivity contribution in [1.82, 2.24) is 10.3 Å². The van der Waals surface area contributed by atoms with Crippen molar-refractivity contribution < 1.29 is 19.1 Å². The Hall–Kier alpha value is -2.85. The summed E-state index contributed by atoms with van der Waals surface area (Å²) in [4.78, 5) is 40.8. The molecule has 0 radical (unpaired) electrons. The number of ether oxygens (including phenoxy) is 1. The molecule has 4 N–H and O–H groups in total. The van der Waals surface area contributed by atoms with E-state index in [0.717, 1.165) is 16.6 Å². The van der Waals surface area contributed by atoms with Gasteiger partial charge in [-0.05, 0) is 53.0 Å². The van der Waals surface area contributed by atoms with Gasteiger partial charge in [0.05, 0.1) is 25.4 Å². The number of rotatable bonds is 4. The number of aromatic amines is 1. The molecule has 2 aromatic heterocycles.